The number of rotatable bonds is 7. The van der Waals surface area contributed by atoms with Crippen molar-refractivity contribution < 1.29 is 22.8 Å². The number of carbonyl (C=O) groups is 2. The number of aromatic nitrogens is 2. The first kappa shape index (κ1) is 28.8. The predicted octanol–water partition coefficient (Wildman–Crippen LogP) is 4.50. The van der Waals surface area contributed by atoms with Crippen LogP contribution in [0.25, 0.3) is 0 Å². The molecular formula is C28H37F3N6O2. The van der Waals surface area contributed by atoms with E-state index in [1.54, 1.807) is 38.1 Å². The summed E-state index contributed by atoms with van der Waals surface area (Å²) >= 11 is 0. The zero-order chi connectivity index (χ0) is 28.2. The second-order valence-corrected chi connectivity index (χ2v) is 10.9. The largest absolute Gasteiger partial charge is 0.419 e. The molecule has 1 aromatic heterocycles. The van der Waals surface area contributed by atoms with Crippen molar-refractivity contribution >= 4 is 23.5 Å². The fourth-order valence-corrected chi connectivity index (χ4v) is 5.13. The summed E-state index contributed by atoms with van der Waals surface area (Å²) in [6.07, 6.45) is -0.404. The number of nitrogens with zero attached hydrogens (tertiary/aromatic N) is 4. The first-order valence-corrected chi connectivity index (χ1v) is 13.6. The molecule has 1 aliphatic heterocycles. The van der Waals surface area contributed by atoms with E-state index in [9.17, 15) is 22.8 Å². The maximum absolute atomic E-state index is 13.9. The number of benzene rings is 1. The van der Waals surface area contributed by atoms with Gasteiger partial charge in [-0.25, -0.2) is 9.97 Å². The third-order valence-corrected chi connectivity index (χ3v) is 7.57. The van der Waals surface area contributed by atoms with Gasteiger partial charge >= 0.3 is 6.18 Å². The first-order valence-electron chi connectivity index (χ1n) is 13.6. The molecule has 0 bridgehead atoms. The second-order valence-electron chi connectivity index (χ2n) is 10.9. The molecule has 212 valence electrons. The lowest BCUT2D eigenvalue weighted by Crippen LogP contribution is -2.47. The Morgan fingerprint density at radius 1 is 1.05 bits per heavy atom. The van der Waals surface area contributed by atoms with Crippen LogP contribution in [-0.4, -0.2) is 70.9 Å². The average molecular weight is 547 g/mol. The van der Waals surface area contributed by atoms with Crippen molar-refractivity contribution in [1.82, 2.24) is 25.1 Å². The molecule has 2 atom stereocenters. The Hall–Kier alpha value is -3.21. The molecule has 0 radical (unpaired) electrons. The molecule has 2 aliphatic rings. The van der Waals surface area contributed by atoms with E-state index in [0.717, 1.165) is 45.0 Å². The molecule has 39 heavy (non-hydrogen) atoms. The Morgan fingerprint density at radius 3 is 2.36 bits per heavy atom. The van der Waals surface area contributed by atoms with Gasteiger partial charge < -0.3 is 20.4 Å². The van der Waals surface area contributed by atoms with Crippen LogP contribution in [0.1, 0.15) is 61.1 Å². The first-order chi connectivity index (χ1) is 18.5. The van der Waals surface area contributed by atoms with E-state index >= 15 is 0 Å². The minimum Gasteiger partial charge on any atom is -0.353 e. The number of carbonyl (C=O) groups excluding carboxylic acids is 2. The Kier molecular flexibility index (Phi) is 9.09. The Labute approximate surface area is 227 Å². The van der Waals surface area contributed by atoms with Crippen molar-refractivity contribution in [2.45, 2.75) is 58.2 Å². The van der Waals surface area contributed by atoms with Crippen molar-refractivity contribution in [1.29, 1.82) is 0 Å². The summed E-state index contributed by atoms with van der Waals surface area (Å²) in [6, 6.07) is 6.59. The number of hydrogen-bond donors (Lipinski definition) is 2. The van der Waals surface area contributed by atoms with Crippen molar-refractivity contribution in [3.05, 3.63) is 47.3 Å². The molecule has 2 fully saturated rings. The van der Waals surface area contributed by atoms with Crippen LogP contribution in [0.2, 0.25) is 0 Å². The van der Waals surface area contributed by atoms with E-state index < -0.39 is 11.7 Å². The number of hydrogen-bond acceptors (Lipinski definition) is 6. The Balaban J connectivity index is 1.49. The lowest BCUT2D eigenvalue weighted by molar-refractivity contribution is -0.139. The maximum Gasteiger partial charge on any atom is 0.419 e. The van der Waals surface area contributed by atoms with Crippen molar-refractivity contribution in [3.8, 4) is 0 Å². The van der Waals surface area contributed by atoms with Crippen LogP contribution in [0.15, 0.2) is 30.5 Å². The molecule has 2 aromatic rings. The van der Waals surface area contributed by atoms with Gasteiger partial charge in [-0.15, -0.1) is 0 Å². The smallest absolute Gasteiger partial charge is 0.353 e. The number of anilines is 2. The summed E-state index contributed by atoms with van der Waals surface area (Å²) in [6.45, 7) is 6.58. The van der Waals surface area contributed by atoms with Crippen LogP contribution in [0.5, 0.6) is 0 Å². The highest BCUT2D eigenvalue weighted by atomic mass is 19.4. The summed E-state index contributed by atoms with van der Waals surface area (Å²) in [5.41, 5.74) is 0.166. The molecular weight excluding hydrogens is 509 g/mol. The van der Waals surface area contributed by atoms with Gasteiger partial charge in [0.05, 0.1) is 11.3 Å². The van der Waals surface area contributed by atoms with Gasteiger partial charge in [0, 0.05) is 55.6 Å². The molecule has 1 saturated carbocycles. The number of halogens is 3. The van der Waals surface area contributed by atoms with Crippen LogP contribution < -0.4 is 10.6 Å². The molecule has 0 unspecified atom stereocenters. The van der Waals surface area contributed by atoms with Crippen molar-refractivity contribution in [2.24, 2.45) is 11.8 Å². The van der Waals surface area contributed by atoms with Gasteiger partial charge in [-0.1, -0.05) is 26.7 Å². The number of likely N-dealkylation sites (N-methyl/N-ethyl adjacent to an activating group) is 1. The van der Waals surface area contributed by atoms with Crippen LogP contribution in [0, 0.1) is 11.8 Å². The van der Waals surface area contributed by atoms with E-state index in [1.807, 2.05) is 11.9 Å². The van der Waals surface area contributed by atoms with Gasteiger partial charge in [-0.3, -0.25) is 9.59 Å². The lowest BCUT2D eigenvalue weighted by Gasteiger charge is -2.33. The van der Waals surface area contributed by atoms with Gasteiger partial charge in [0.25, 0.3) is 5.91 Å². The summed E-state index contributed by atoms with van der Waals surface area (Å²) in [5.74, 6) is -0.437. The molecule has 11 heteroatoms. The van der Waals surface area contributed by atoms with E-state index in [0.29, 0.717) is 24.3 Å². The summed E-state index contributed by atoms with van der Waals surface area (Å²) < 4.78 is 41.6. The molecule has 2 N–H and O–H groups in total. The topological polar surface area (TPSA) is 90.5 Å². The molecule has 1 aromatic carbocycles. The molecule has 4 rings (SSSR count). The van der Waals surface area contributed by atoms with Gasteiger partial charge in [0.2, 0.25) is 11.9 Å². The minimum atomic E-state index is -4.59. The summed E-state index contributed by atoms with van der Waals surface area (Å²) in [7, 11) is 2.02. The predicted molar refractivity (Wildman–Crippen MR) is 143 cm³/mol. The summed E-state index contributed by atoms with van der Waals surface area (Å²) in [5, 5.41) is 6.01. The standard InChI is InChI=1S/C28H37F3N6O2/c1-18(2)25(38)34-23-7-5-4-6-20(23)16-24-22(28(29,30)31)17-32-27(35-24)33-21-10-8-19(9-11-21)26(39)37-14-12-36(3)13-15-37/h8-11,17-18,20,23H,4-7,12-16H2,1-3H3,(H,34,38)(H,32,33,35)/t20-,23-/m0/s1. The molecule has 1 saturated heterocycles. The van der Waals surface area contributed by atoms with E-state index in [2.05, 4.69) is 25.5 Å². The van der Waals surface area contributed by atoms with Crippen molar-refractivity contribution in [2.75, 3.05) is 38.5 Å². The Morgan fingerprint density at radius 2 is 1.72 bits per heavy atom. The zero-order valence-corrected chi connectivity index (χ0v) is 22.7. The van der Waals surface area contributed by atoms with E-state index in [1.165, 1.54) is 0 Å². The SMILES string of the molecule is CC(C)C(=O)N[C@H]1CCCC[C@H]1Cc1nc(Nc2ccc(C(=O)N3CCN(C)CC3)cc2)ncc1C(F)(F)F. The number of alkyl halides is 3. The highest BCUT2D eigenvalue weighted by Crippen LogP contribution is 2.35. The van der Waals surface area contributed by atoms with Gasteiger partial charge in [-0.05, 0) is 56.5 Å². The summed E-state index contributed by atoms with van der Waals surface area (Å²) in [4.78, 5) is 37.3. The monoisotopic (exact) mass is 546 g/mol. The average Bonchev–Trinajstić information content (AvgIpc) is 2.89. The van der Waals surface area contributed by atoms with E-state index in [4.69, 9.17) is 0 Å². The second kappa shape index (κ2) is 12.3. The molecule has 1 aliphatic carbocycles. The third-order valence-electron chi connectivity index (χ3n) is 7.57. The molecule has 8 nitrogen and oxygen atoms in total. The van der Waals surface area contributed by atoms with Crippen LogP contribution in [0.3, 0.4) is 0 Å². The van der Waals surface area contributed by atoms with Crippen LogP contribution in [-0.2, 0) is 17.4 Å². The van der Waals surface area contributed by atoms with Gasteiger partial charge in [0.1, 0.15) is 0 Å². The third kappa shape index (κ3) is 7.46. The quantitative estimate of drug-likeness (QED) is 0.532. The zero-order valence-electron chi connectivity index (χ0n) is 22.7. The lowest BCUT2D eigenvalue weighted by atomic mass is 9.81. The molecule has 2 amide bonds. The minimum absolute atomic E-state index is 0.0469. The fraction of sp³-hybridized carbons (Fsp3) is 0.571. The highest BCUT2D eigenvalue weighted by molar-refractivity contribution is 5.94. The van der Waals surface area contributed by atoms with Crippen LogP contribution >= 0.6 is 0 Å². The Bertz CT molecular complexity index is 1150. The van der Waals surface area contributed by atoms with Gasteiger partial charge in [0.15, 0.2) is 0 Å². The number of piperazine rings is 1. The van der Waals surface area contributed by atoms with Gasteiger partial charge in [-0.2, -0.15) is 13.2 Å². The fourth-order valence-electron chi connectivity index (χ4n) is 5.13. The molecule has 0 spiro atoms. The normalized spacial score (nSPS) is 20.6. The maximum atomic E-state index is 13.9. The van der Waals surface area contributed by atoms with Crippen LogP contribution in [0.4, 0.5) is 24.8 Å². The highest BCUT2D eigenvalue weighted by Gasteiger charge is 2.37. The van der Waals surface area contributed by atoms with Crippen molar-refractivity contribution in [3.63, 3.8) is 0 Å². The number of nitrogens with one attached hydrogen (secondary N) is 2. The number of amides is 2. The van der Waals surface area contributed by atoms with E-state index in [-0.39, 0.29) is 47.8 Å². The molecule has 2 heterocycles.